The molecule has 0 aromatic heterocycles. The van der Waals surface area contributed by atoms with Gasteiger partial charge >= 0.3 is 0 Å². The quantitative estimate of drug-likeness (QED) is 0.733. The minimum atomic E-state index is 0.177. The van der Waals surface area contributed by atoms with E-state index in [4.69, 9.17) is 4.74 Å². The number of hydrogen-bond acceptors (Lipinski definition) is 2. The molecule has 0 atom stereocenters. The fourth-order valence-corrected chi connectivity index (χ4v) is 1.77. The predicted molar refractivity (Wildman–Crippen MR) is 51.1 cm³/mol. The molecule has 0 heterocycles. The van der Waals surface area contributed by atoms with E-state index in [1.165, 1.54) is 0 Å². The van der Waals surface area contributed by atoms with Gasteiger partial charge in [-0.2, -0.15) is 0 Å². The molecule has 0 radical (unpaired) electrons. The van der Waals surface area contributed by atoms with E-state index in [9.17, 15) is 4.79 Å². The second kappa shape index (κ2) is 4.65. The maximum Gasteiger partial charge on any atom is 0.173 e. The zero-order chi connectivity index (χ0) is 8.97. The third kappa shape index (κ3) is 2.34. The van der Waals surface area contributed by atoms with Crippen LogP contribution >= 0.6 is 15.9 Å². The zero-order valence-electron chi connectivity index (χ0n) is 7.23. The van der Waals surface area contributed by atoms with E-state index < -0.39 is 0 Å². The van der Waals surface area contributed by atoms with Crippen LogP contribution in [0.25, 0.3) is 0 Å². The lowest BCUT2D eigenvalue weighted by atomic mass is 10.2. The van der Waals surface area contributed by atoms with Gasteiger partial charge in [0.05, 0.1) is 11.1 Å². The van der Waals surface area contributed by atoms with Crippen molar-refractivity contribution >= 4 is 21.7 Å². The molecule has 2 nitrogen and oxygen atoms in total. The number of carbonyl (C=O) groups excluding carboxylic acids is 1. The van der Waals surface area contributed by atoms with Gasteiger partial charge in [0.1, 0.15) is 5.76 Å². The monoisotopic (exact) mass is 232 g/mol. The van der Waals surface area contributed by atoms with Gasteiger partial charge in [-0.05, 0) is 35.7 Å². The van der Waals surface area contributed by atoms with E-state index in [0.717, 1.165) is 25.0 Å². The molecule has 0 amide bonds. The number of ketones is 1. The van der Waals surface area contributed by atoms with Gasteiger partial charge in [0.2, 0.25) is 0 Å². The standard InChI is InChI=1S/C9H13BrO2/c1-2-12-8-6-4-3-5-7(11)9(8)10/h2-6H2,1H3. The molecule has 0 spiro atoms. The third-order valence-corrected chi connectivity index (χ3v) is 2.75. The Labute approximate surface area is 81.1 Å². The summed E-state index contributed by atoms with van der Waals surface area (Å²) in [6.07, 6.45) is 3.57. The molecule has 68 valence electrons. The number of rotatable bonds is 2. The summed E-state index contributed by atoms with van der Waals surface area (Å²) in [4.78, 5) is 11.3. The average molecular weight is 233 g/mol. The average Bonchev–Trinajstić information content (AvgIpc) is 2.20. The number of ether oxygens (including phenoxy) is 1. The summed E-state index contributed by atoms with van der Waals surface area (Å²) in [5.41, 5.74) is 0. The second-order valence-corrected chi connectivity index (χ2v) is 3.59. The summed E-state index contributed by atoms with van der Waals surface area (Å²) in [6.45, 7) is 2.57. The zero-order valence-corrected chi connectivity index (χ0v) is 8.82. The minimum Gasteiger partial charge on any atom is -0.497 e. The van der Waals surface area contributed by atoms with Crippen molar-refractivity contribution < 1.29 is 9.53 Å². The maximum absolute atomic E-state index is 11.3. The molecule has 0 saturated heterocycles. The first kappa shape index (κ1) is 9.78. The highest BCUT2D eigenvalue weighted by molar-refractivity contribution is 9.12. The smallest absolute Gasteiger partial charge is 0.173 e. The molecule has 12 heavy (non-hydrogen) atoms. The van der Waals surface area contributed by atoms with Gasteiger partial charge in [0, 0.05) is 12.8 Å². The Morgan fingerprint density at radius 3 is 2.75 bits per heavy atom. The van der Waals surface area contributed by atoms with Crippen LogP contribution in [0.2, 0.25) is 0 Å². The van der Waals surface area contributed by atoms with Crippen molar-refractivity contribution in [2.75, 3.05) is 6.61 Å². The Bertz CT molecular complexity index is 209. The predicted octanol–water partition coefficient (Wildman–Crippen LogP) is 2.77. The Balaban J connectivity index is 2.74. The van der Waals surface area contributed by atoms with Crippen molar-refractivity contribution in [3.05, 3.63) is 10.2 Å². The summed E-state index contributed by atoms with van der Waals surface area (Å²) in [7, 11) is 0. The van der Waals surface area contributed by atoms with Crippen molar-refractivity contribution in [3.8, 4) is 0 Å². The van der Waals surface area contributed by atoms with E-state index in [2.05, 4.69) is 15.9 Å². The fraction of sp³-hybridized carbons (Fsp3) is 0.667. The lowest BCUT2D eigenvalue weighted by molar-refractivity contribution is -0.115. The topological polar surface area (TPSA) is 26.3 Å². The molecular formula is C9H13BrO2. The van der Waals surface area contributed by atoms with Gasteiger partial charge in [-0.25, -0.2) is 0 Å². The number of allylic oxidation sites excluding steroid dienone is 2. The van der Waals surface area contributed by atoms with Gasteiger partial charge in [-0.15, -0.1) is 0 Å². The van der Waals surface area contributed by atoms with E-state index in [1.54, 1.807) is 0 Å². The van der Waals surface area contributed by atoms with Gasteiger partial charge in [0.25, 0.3) is 0 Å². The summed E-state index contributed by atoms with van der Waals surface area (Å²) in [5.74, 6) is 1.01. The Hall–Kier alpha value is -0.310. The van der Waals surface area contributed by atoms with E-state index in [1.807, 2.05) is 6.92 Å². The summed E-state index contributed by atoms with van der Waals surface area (Å²) < 4.78 is 6.01. The fourth-order valence-electron chi connectivity index (χ4n) is 1.26. The maximum atomic E-state index is 11.3. The van der Waals surface area contributed by atoms with Crippen molar-refractivity contribution in [1.29, 1.82) is 0 Å². The van der Waals surface area contributed by atoms with Gasteiger partial charge in [0.15, 0.2) is 5.78 Å². The van der Waals surface area contributed by atoms with Gasteiger partial charge in [-0.1, -0.05) is 0 Å². The van der Waals surface area contributed by atoms with Crippen LogP contribution in [-0.4, -0.2) is 12.4 Å². The highest BCUT2D eigenvalue weighted by atomic mass is 79.9. The Morgan fingerprint density at radius 2 is 2.08 bits per heavy atom. The number of carbonyl (C=O) groups is 1. The molecule has 1 rings (SSSR count). The normalized spacial score (nSPS) is 19.3. The van der Waals surface area contributed by atoms with Crippen LogP contribution in [0.5, 0.6) is 0 Å². The molecule has 0 aromatic rings. The molecule has 0 fully saturated rings. The van der Waals surface area contributed by atoms with E-state index in [-0.39, 0.29) is 5.78 Å². The van der Waals surface area contributed by atoms with Crippen molar-refractivity contribution in [1.82, 2.24) is 0 Å². The molecule has 0 aliphatic heterocycles. The molecule has 1 aliphatic rings. The third-order valence-electron chi connectivity index (χ3n) is 1.87. The molecule has 0 saturated carbocycles. The van der Waals surface area contributed by atoms with Gasteiger partial charge < -0.3 is 4.74 Å². The first-order valence-corrected chi connectivity index (χ1v) is 5.09. The molecule has 1 aliphatic carbocycles. The van der Waals surface area contributed by atoms with Crippen molar-refractivity contribution in [2.45, 2.75) is 32.6 Å². The summed E-state index contributed by atoms with van der Waals surface area (Å²) in [6, 6.07) is 0. The molecular weight excluding hydrogens is 220 g/mol. The van der Waals surface area contributed by atoms with Crippen LogP contribution in [0.1, 0.15) is 32.6 Å². The molecule has 0 N–H and O–H groups in total. The van der Waals surface area contributed by atoms with Crippen LogP contribution in [0, 0.1) is 0 Å². The number of halogens is 1. The SMILES string of the molecule is CCOC1=C(Br)C(=O)CCCC1. The first-order chi connectivity index (χ1) is 5.75. The van der Waals surface area contributed by atoms with E-state index >= 15 is 0 Å². The largest absolute Gasteiger partial charge is 0.497 e. The lowest BCUT2D eigenvalue weighted by Crippen LogP contribution is -1.99. The number of Topliss-reactive ketones (excluding diaryl/α,β-unsaturated/α-hetero) is 1. The first-order valence-electron chi connectivity index (χ1n) is 4.30. The van der Waals surface area contributed by atoms with Gasteiger partial charge in [-0.3, -0.25) is 4.79 Å². The van der Waals surface area contributed by atoms with Crippen molar-refractivity contribution in [2.24, 2.45) is 0 Å². The Morgan fingerprint density at radius 1 is 1.42 bits per heavy atom. The highest BCUT2D eigenvalue weighted by Crippen LogP contribution is 2.25. The summed E-state index contributed by atoms with van der Waals surface area (Å²) in [5, 5.41) is 0. The van der Waals surface area contributed by atoms with E-state index in [0.29, 0.717) is 17.5 Å². The number of hydrogen-bond donors (Lipinski definition) is 0. The minimum absolute atomic E-state index is 0.177. The van der Waals surface area contributed by atoms with Crippen molar-refractivity contribution in [3.63, 3.8) is 0 Å². The van der Waals surface area contributed by atoms with Crippen LogP contribution in [-0.2, 0) is 9.53 Å². The molecule has 3 heteroatoms. The lowest BCUT2D eigenvalue weighted by Gasteiger charge is -2.07. The van der Waals surface area contributed by atoms with Crippen LogP contribution in [0.4, 0.5) is 0 Å². The Kier molecular flexibility index (Phi) is 3.79. The second-order valence-electron chi connectivity index (χ2n) is 2.80. The summed E-state index contributed by atoms with van der Waals surface area (Å²) >= 11 is 3.28. The molecule has 0 bridgehead atoms. The molecule has 0 aromatic carbocycles. The van der Waals surface area contributed by atoms with Crippen LogP contribution in [0.15, 0.2) is 10.2 Å². The van der Waals surface area contributed by atoms with Crippen LogP contribution < -0.4 is 0 Å². The highest BCUT2D eigenvalue weighted by Gasteiger charge is 2.16. The molecule has 0 unspecified atom stereocenters. The van der Waals surface area contributed by atoms with Crippen LogP contribution in [0.3, 0.4) is 0 Å².